The van der Waals surface area contributed by atoms with Crippen molar-refractivity contribution >= 4 is 23.2 Å². The third-order valence-corrected chi connectivity index (χ3v) is 3.51. The lowest BCUT2D eigenvalue weighted by Gasteiger charge is -2.06. The average molecular weight is 323 g/mol. The highest BCUT2D eigenvalue weighted by atomic mass is 35.5. The molecule has 0 radical (unpaired) electrons. The molecule has 7 heteroatoms. The summed E-state index contributed by atoms with van der Waals surface area (Å²) in [6.45, 7) is 3.75. The summed E-state index contributed by atoms with van der Waals surface area (Å²) in [5.74, 6) is -3.29. The zero-order valence-electron chi connectivity index (χ0n) is 10.7. The molecule has 0 saturated heterocycles. The number of aromatic nitrogens is 2. The minimum atomic E-state index is -1.27. The SMILES string of the molecule is CC(C)c1nn(-c2cc(F)c(F)cc2F)c(Cl)c1CCl. The first-order chi connectivity index (χ1) is 9.36. The van der Waals surface area contributed by atoms with Crippen LogP contribution in [0.3, 0.4) is 0 Å². The zero-order chi connectivity index (χ0) is 15.0. The van der Waals surface area contributed by atoms with Gasteiger partial charge in [0, 0.05) is 17.7 Å². The summed E-state index contributed by atoms with van der Waals surface area (Å²) in [7, 11) is 0. The summed E-state index contributed by atoms with van der Waals surface area (Å²) in [4.78, 5) is 0. The van der Waals surface area contributed by atoms with Gasteiger partial charge in [0.05, 0.1) is 11.6 Å². The van der Waals surface area contributed by atoms with E-state index in [9.17, 15) is 13.2 Å². The Bertz CT molecular complexity index is 654. The van der Waals surface area contributed by atoms with Crippen LogP contribution in [0.2, 0.25) is 5.15 Å². The molecule has 0 fully saturated rings. The zero-order valence-corrected chi connectivity index (χ0v) is 12.2. The molecule has 0 spiro atoms. The topological polar surface area (TPSA) is 17.8 Å². The second kappa shape index (κ2) is 5.66. The van der Waals surface area contributed by atoms with Gasteiger partial charge >= 0.3 is 0 Å². The minimum Gasteiger partial charge on any atom is -0.219 e. The van der Waals surface area contributed by atoms with Gasteiger partial charge in [0.1, 0.15) is 10.8 Å². The molecule has 0 atom stereocenters. The lowest BCUT2D eigenvalue weighted by molar-refractivity contribution is 0.491. The van der Waals surface area contributed by atoms with Crippen molar-refractivity contribution in [3.8, 4) is 5.69 Å². The van der Waals surface area contributed by atoms with Gasteiger partial charge < -0.3 is 0 Å². The lowest BCUT2D eigenvalue weighted by Crippen LogP contribution is -2.03. The van der Waals surface area contributed by atoms with Crippen LogP contribution in [0, 0.1) is 17.5 Å². The maximum atomic E-state index is 13.8. The number of alkyl halides is 1. The molecule has 0 bridgehead atoms. The molecule has 1 aromatic heterocycles. The standard InChI is InChI=1S/C13H11Cl2F3N2/c1-6(2)12-7(5-14)13(15)20(19-12)11-4-9(17)8(16)3-10(11)18/h3-4,6H,5H2,1-2H3. The van der Waals surface area contributed by atoms with Crippen LogP contribution in [-0.4, -0.2) is 9.78 Å². The van der Waals surface area contributed by atoms with Gasteiger partial charge in [0.2, 0.25) is 0 Å². The van der Waals surface area contributed by atoms with Crippen LogP contribution in [0.25, 0.3) is 5.69 Å². The van der Waals surface area contributed by atoms with E-state index in [-0.39, 0.29) is 22.6 Å². The van der Waals surface area contributed by atoms with Crippen LogP contribution in [0.15, 0.2) is 12.1 Å². The van der Waals surface area contributed by atoms with E-state index >= 15 is 0 Å². The van der Waals surface area contributed by atoms with Gasteiger partial charge in [-0.1, -0.05) is 25.4 Å². The highest BCUT2D eigenvalue weighted by Gasteiger charge is 2.21. The van der Waals surface area contributed by atoms with E-state index < -0.39 is 17.5 Å². The Balaban J connectivity index is 2.67. The molecule has 0 aliphatic rings. The van der Waals surface area contributed by atoms with Gasteiger partial charge in [-0.3, -0.25) is 0 Å². The van der Waals surface area contributed by atoms with E-state index in [1.807, 2.05) is 13.8 Å². The second-order valence-electron chi connectivity index (χ2n) is 4.57. The van der Waals surface area contributed by atoms with Crippen LogP contribution >= 0.6 is 23.2 Å². The second-order valence-corrected chi connectivity index (χ2v) is 5.20. The Hall–Kier alpha value is -1.20. The lowest BCUT2D eigenvalue weighted by atomic mass is 10.1. The smallest absolute Gasteiger partial charge is 0.161 e. The predicted octanol–water partition coefficient (Wildman–Crippen LogP) is 4.81. The van der Waals surface area contributed by atoms with Crippen LogP contribution in [0.5, 0.6) is 0 Å². The number of hydrogen-bond acceptors (Lipinski definition) is 1. The molecule has 2 aromatic rings. The molecule has 2 nitrogen and oxygen atoms in total. The van der Waals surface area contributed by atoms with Crippen molar-refractivity contribution in [2.24, 2.45) is 0 Å². The first-order valence-corrected chi connectivity index (χ1v) is 6.76. The molecule has 0 N–H and O–H groups in total. The molecule has 108 valence electrons. The van der Waals surface area contributed by atoms with Crippen LogP contribution in [0.4, 0.5) is 13.2 Å². The van der Waals surface area contributed by atoms with E-state index in [0.29, 0.717) is 23.4 Å². The predicted molar refractivity (Wildman–Crippen MR) is 72.1 cm³/mol. The van der Waals surface area contributed by atoms with E-state index in [1.165, 1.54) is 0 Å². The molecule has 1 aromatic carbocycles. The van der Waals surface area contributed by atoms with Gasteiger partial charge in [0.25, 0.3) is 0 Å². The van der Waals surface area contributed by atoms with E-state index in [2.05, 4.69) is 5.10 Å². The van der Waals surface area contributed by atoms with E-state index in [4.69, 9.17) is 23.2 Å². The summed E-state index contributed by atoms with van der Waals surface area (Å²) in [6, 6.07) is 1.17. The molecule has 2 rings (SSSR count). The van der Waals surface area contributed by atoms with Crippen molar-refractivity contribution in [3.05, 3.63) is 46.0 Å². The maximum Gasteiger partial charge on any atom is 0.161 e. The van der Waals surface area contributed by atoms with Gasteiger partial charge in [-0.25, -0.2) is 17.9 Å². The van der Waals surface area contributed by atoms with Gasteiger partial charge in [-0.15, -0.1) is 11.6 Å². The van der Waals surface area contributed by atoms with Gasteiger partial charge in [-0.2, -0.15) is 5.10 Å². The molecule has 20 heavy (non-hydrogen) atoms. The van der Waals surface area contributed by atoms with Crippen LogP contribution < -0.4 is 0 Å². The summed E-state index contributed by atoms with van der Waals surface area (Å²) in [5, 5.41) is 4.24. The molecule has 1 heterocycles. The molecular formula is C13H11Cl2F3N2. The van der Waals surface area contributed by atoms with Crippen molar-refractivity contribution in [2.45, 2.75) is 25.6 Å². The molecule has 0 saturated carbocycles. The van der Waals surface area contributed by atoms with E-state index in [0.717, 1.165) is 4.68 Å². The van der Waals surface area contributed by atoms with Crippen molar-refractivity contribution in [1.82, 2.24) is 9.78 Å². The number of rotatable bonds is 3. The largest absolute Gasteiger partial charge is 0.219 e. The number of nitrogens with zero attached hydrogens (tertiary/aromatic N) is 2. The number of hydrogen-bond donors (Lipinski definition) is 0. The summed E-state index contributed by atoms with van der Waals surface area (Å²) >= 11 is 11.9. The Morgan fingerprint density at radius 3 is 2.25 bits per heavy atom. The fraction of sp³-hybridized carbons (Fsp3) is 0.308. The van der Waals surface area contributed by atoms with Crippen molar-refractivity contribution in [1.29, 1.82) is 0 Å². The Labute approximate surface area is 124 Å². The molecular weight excluding hydrogens is 312 g/mol. The van der Waals surface area contributed by atoms with E-state index in [1.54, 1.807) is 0 Å². The quantitative estimate of drug-likeness (QED) is 0.586. The summed E-state index contributed by atoms with van der Waals surface area (Å²) < 4.78 is 41.0. The minimum absolute atomic E-state index is 0.0101. The van der Waals surface area contributed by atoms with Crippen LogP contribution in [-0.2, 0) is 5.88 Å². The number of halogens is 5. The van der Waals surface area contributed by atoms with Crippen molar-refractivity contribution < 1.29 is 13.2 Å². The average Bonchev–Trinajstić information content (AvgIpc) is 2.71. The molecule has 0 aliphatic carbocycles. The molecule has 0 aliphatic heterocycles. The maximum absolute atomic E-state index is 13.8. The third kappa shape index (κ3) is 2.52. The summed E-state index contributed by atoms with van der Waals surface area (Å²) in [6.07, 6.45) is 0. The highest BCUT2D eigenvalue weighted by molar-refractivity contribution is 6.31. The fourth-order valence-electron chi connectivity index (χ4n) is 1.87. The third-order valence-electron chi connectivity index (χ3n) is 2.85. The highest BCUT2D eigenvalue weighted by Crippen LogP contribution is 2.30. The normalized spacial score (nSPS) is 11.4. The monoisotopic (exact) mass is 322 g/mol. The van der Waals surface area contributed by atoms with Crippen LogP contribution in [0.1, 0.15) is 31.0 Å². The Morgan fingerprint density at radius 2 is 1.75 bits per heavy atom. The molecule has 0 amide bonds. The summed E-state index contributed by atoms with van der Waals surface area (Å²) in [5.41, 5.74) is 0.883. The molecule has 0 unspecified atom stereocenters. The Kier molecular flexibility index (Phi) is 4.30. The fourth-order valence-corrected chi connectivity index (χ4v) is 2.49. The first-order valence-electron chi connectivity index (χ1n) is 5.85. The van der Waals surface area contributed by atoms with Crippen molar-refractivity contribution in [2.75, 3.05) is 0 Å². The number of benzene rings is 1. The van der Waals surface area contributed by atoms with Crippen molar-refractivity contribution in [3.63, 3.8) is 0 Å². The first kappa shape index (κ1) is 15.2. The van der Waals surface area contributed by atoms with Gasteiger partial charge in [-0.05, 0) is 5.92 Å². The van der Waals surface area contributed by atoms with Gasteiger partial charge in [0.15, 0.2) is 17.5 Å². The Morgan fingerprint density at radius 1 is 1.15 bits per heavy atom.